The zero-order valence-electron chi connectivity index (χ0n) is 24.7. The molecular weight excluding hydrogens is 500 g/mol. The molecule has 4 rings (SSSR count). The van der Waals surface area contributed by atoms with Crippen molar-refractivity contribution in [1.82, 2.24) is 9.88 Å². The van der Waals surface area contributed by atoms with E-state index < -0.39 is 0 Å². The summed E-state index contributed by atoms with van der Waals surface area (Å²) < 4.78 is 24.6. The third-order valence-electron chi connectivity index (χ3n) is 7.67. The van der Waals surface area contributed by atoms with Crippen LogP contribution in [0.15, 0.2) is 71.4 Å². The lowest BCUT2D eigenvalue weighted by molar-refractivity contribution is -0.0607. The summed E-state index contributed by atoms with van der Waals surface area (Å²) in [4.78, 5) is 7.08. The van der Waals surface area contributed by atoms with Crippen molar-refractivity contribution in [2.45, 2.75) is 71.7 Å². The quantitative estimate of drug-likeness (QED) is 0.189. The van der Waals surface area contributed by atoms with Crippen molar-refractivity contribution in [3.05, 3.63) is 89.5 Å². The Balaban J connectivity index is 1.26. The van der Waals surface area contributed by atoms with Crippen LogP contribution in [0, 0.1) is 19.8 Å². The fraction of sp³-hybridized carbons (Fsp3) is 0.500. The van der Waals surface area contributed by atoms with Gasteiger partial charge in [-0.2, -0.15) is 0 Å². The molecule has 0 aliphatic heterocycles. The van der Waals surface area contributed by atoms with Crippen molar-refractivity contribution in [2.24, 2.45) is 5.92 Å². The van der Waals surface area contributed by atoms with Crippen molar-refractivity contribution in [2.75, 3.05) is 33.4 Å². The Morgan fingerprint density at radius 1 is 1.07 bits per heavy atom. The van der Waals surface area contributed by atoms with Gasteiger partial charge in [0.2, 0.25) is 5.89 Å². The van der Waals surface area contributed by atoms with Gasteiger partial charge in [-0.25, -0.2) is 4.98 Å². The van der Waals surface area contributed by atoms with E-state index in [2.05, 4.69) is 67.9 Å². The van der Waals surface area contributed by atoms with E-state index in [0.717, 1.165) is 68.0 Å². The van der Waals surface area contributed by atoms with Crippen LogP contribution >= 0.6 is 0 Å². The first-order valence-electron chi connectivity index (χ1n) is 14.7. The molecule has 1 heterocycles. The largest absolute Gasteiger partial charge is 0.498 e. The van der Waals surface area contributed by atoms with Crippen LogP contribution in [-0.4, -0.2) is 55.4 Å². The molecule has 40 heavy (non-hydrogen) atoms. The van der Waals surface area contributed by atoms with Gasteiger partial charge in [0.25, 0.3) is 0 Å². The average molecular weight is 547 g/mol. The van der Waals surface area contributed by atoms with Crippen molar-refractivity contribution in [3.8, 4) is 11.5 Å². The monoisotopic (exact) mass is 546 g/mol. The second-order valence-electron chi connectivity index (χ2n) is 11.0. The number of ether oxygens (including phenoxy) is 3. The number of hydrogen-bond acceptors (Lipinski definition) is 6. The summed E-state index contributed by atoms with van der Waals surface area (Å²) in [6.07, 6.45) is 5.42. The summed E-state index contributed by atoms with van der Waals surface area (Å²) in [6.45, 7) is 13.8. The van der Waals surface area contributed by atoms with E-state index in [1.54, 1.807) is 0 Å². The molecule has 2 aromatic carbocycles. The molecule has 3 atom stereocenters. The number of likely N-dealkylation sites (N-methyl/N-ethyl adjacent to an activating group) is 1. The molecule has 3 aromatic rings. The summed E-state index contributed by atoms with van der Waals surface area (Å²) in [6, 6.07) is 18.8. The molecule has 6 nitrogen and oxygen atoms in total. The number of benzene rings is 2. The van der Waals surface area contributed by atoms with Crippen LogP contribution in [0.2, 0.25) is 0 Å². The Kier molecular flexibility index (Phi) is 11.4. The van der Waals surface area contributed by atoms with Gasteiger partial charge in [-0.15, -0.1) is 0 Å². The fourth-order valence-corrected chi connectivity index (χ4v) is 5.30. The molecule has 1 fully saturated rings. The Labute approximate surface area is 240 Å². The summed E-state index contributed by atoms with van der Waals surface area (Å²) in [5, 5.41) is 0. The third-order valence-corrected chi connectivity index (χ3v) is 7.67. The Morgan fingerprint density at radius 2 is 1.85 bits per heavy atom. The molecule has 0 N–H and O–H groups in total. The maximum Gasteiger partial charge on any atom is 0.226 e. The maximum absolute atomic E-state index is 6.47. The number of nitrogens with zero attached hydrogens (tertiary/aromatic N) is 2. The first-order chi connectivity index (χ1) is 19.4. The highest BCUT2D eigenvalue weighted by Crippen LogP contribution is 2.28. The van der Waals surface area contributed by atoms with Gasteiger partial charge in [0, 0.05) is 18.7 Å². The van der Waals surface area contributed by atoms with E-state index in [-0.39, 0.29) is 18.1 Å². The van der Waals surface area contributed by atoms with Gasteiger partial charge in [0.15, 0.2) is 0 Å². The first kappa shape index (κ1) is 30.0. The Morgan fingerprint density at radius 3 is 2.60 bits per heavy atom. The average Bonchev–Trinajstić information content (AvgIpc) is 3.34. The molecule has 0 saturated heterocycles. The highest BCUT2D eigenvalue weighted by molar-refractivity contribution is 5.54. The highest BCUT2D eigenvalue weighted by Gasteiger charge is 2.26. The predicted molar refractivity (Wildman–Crippen MR) is 160 cm³/mol. The van der Waals surface area contributed by atoms with Gasteiger partial charge in [0.05, 0.1) is 43.7 Å². The number of hydrogen-bond donors (Lipinski definition) is 0. The minimum atomic E-state index is 0.125. The lowest BCUT2D eigenvalue weighted by Crippen LogP contribution is -2.34. The Hall–Kier alpha value is -2.93. The Bertz CT molecular complexity index is 1190. The maximum atomic E-state index is 6.47. The van der Waals surface area contributed by atoms with Crippen LogP contribution in [0.25, 0.3) is 11.5 Å². The van der Waals surface area contributed by atoms with E-state index in [1.165, 1.54) is 11.1 Å². The summed E-state index contributed by atoms with van der Waals surface area (Å²) in [5.41, 5.74) is 4.40. The van der Waals surface area contributed by atoms with Crippen LogP contribution in [0.3, 0.4) is 0 Å². The predicted octanol–water partition coefficient (Wildman–Crippen LogP) is 7.14. The van der Waals surface area contributed by atoms with Crippen molar-refractivity contribution in [3.63, 3.8) is 0 Å². The van der Waals surface area contributed by atoms with Gasteiger partial charge in [-0.1, -0.05) is 54.6 Å². The topological polar surface area (TPSA) is 57.0 Å². The minimum absolute atomic E-state index is 0.125. The fourth-order valence-electron chi connectivity index (χ4n) is 5.30. The molecule has 0 amide bonds. The van der Waals surface area contributed by atoms with Crippen LogP contribution in [0.1, 0.15) is 55.2 Å². The molecule has 1 unspecified atom stereocenters. The number of aryl methyl sites for hydroxylation is 2. The van der Waals surface area contributed by atoms with Crippen LogP contribution in [-0.2, 0) is 27.2 Å². The lowest BCUT2D eigenvalue weighted by atomic mass is 9.94. The molecule has 1 aliphatic rings. The van der Waals surface area contributed by atoms with E-state index in [9.17, 15) is 0 Å². The van der Waals surface area contributed by atoms with Crippen molar-refractivity contribution < 1.29 is 18.6 Å². The van der Waals surface area contributed by atoms with E-state index in [1.807, 2.05) is 26.0 Å². The first-order valence-corrected chi connectivity index (χ1v) is 14.7. The number of rotatable bonds is 15. The molecule has 1 aliphatic carbocycles. The molecule has 1 saturated carbocycles. The zero-order valence-corrected chi connectivity index (χ0v) is 24.7. The van der Waals surface area contributed by atoms with Crippen LogP contribution in [0.5, 0.6) is 0 Å². The minimum Gasteiger partial charge on any atom is -0.498 e. The van der Waals surface area contributed by atoms with E-state index in [0.29, 0.717) is 25.7 Å². The highest BCUT2D eigenvalue weighted by atomic mass is 16.5. The van der Waals surface area contributed by atoms with E-state index >= 15 is 0 Å². The van der Waals surface area contributed by atoms with Gasteiger partial charge < -0.3 is 23.5 Å². The zero-order chi connectivity index (χ0) is 28.3. The second kappa shape index (κ2) is 15.2. The second-order valence-corrected chi connectivity index (χ2v) is 11.0. The van der Waals surface area contributed by atoms with Crippen LogP contribution in [0.4, 0.5) is 0 Å². The SMILES string of the molecule is C=C(OCC)C(CO[C@@H]1CCC[C@H](OCc2nc(-c3cccc(C)c3)oc2C)C1)CN(C)CCc1ccccc1. The van der Waals surface area contributed by atoms with Gasteiger partial charge in [-0.3, -0.25) is 0 Å². The standard InChI is InChI=1S/C34H46N2O4/c1-6-37-26(3)30(22-36(5)19-18-28-13-8-7-9-14-28)23-38-31-16-11-17-32(21-31)39-24-33-27(4)40-34(35-33)29-15-10-12-25(2)20-29/h7-10,12-15,20,30-32H,3,6,11,16-19,21-24H2,1-2,4-5H3/t30?,31-,32+/m1/s1. The summed E-state index contributed by atoms with van der Waals surface area (Å²) >= 11 is 0. The third kappa shape index (κ3) is 9.05. The normalized spacial score (nSPS) is 18.1. The number of aromatic nitrogens is 1. The van der Waals surface area contributed by atoms with Crippen LogP contribution < -0.4 is 0 Å². The number of oxazole rings is 1. The van der Waals surface area contributed by atoms with Gasteiger partial charge >= 0.3 is 0 Å². The summed E-state index contributed by atoms with van der Waals surface area (Å²) in [5.74, 6) is 2.40. The molecule has 0 bridgehead atoms. The molecule has 0 radical (unpaired) electrons. The smallest absolute Gasteiger partial charge is 0.226 e. The van der Waals surface area contributed by atoms with Crippen molar-refractivity contribution >= 4 is 0 Å². The molecule has 0 spiro atoms. The molecule has 216 valence electrons. The van der Waals surface area contributed by atoms with Crippen molar-refractivity contribution in [1.29, 1.82) is 0 Å². The van der Waals surface area contributed by atoms with E-state index in [4.69, 9.17) is 23.6 Å². The molecule has 1 aromatic heterocycles. The lowest BCUT2D eigenvalue weighted by Gasteiger charge is -2.31. The summed E-state index contributed by atoms with van der Waals surface area (Å²) in [7, 11) is 2.16. The molecular formula is C34H46N2O4. The molecule has 6 heteroatoms. The van der Waals surface area contributed by atoms with Gasteiger partial charge in [-0.05, 0) is 77.6 Å². The van der Waals surface area contributed by atoms with Gasteiger partial charge in [0.1, 0.15) is 11.5 Å².